The Balaban J connectivity index is 1.10. The monoisotopic (exact) mass is 908 g/mol. The normalized spacial score (nSPS) is 10.9. The molecule has 0 saturated heterocycles. The van der Waals surface area contributed by atoms with Gasteiger partial charge in [-0.15, -0.1) is 0 Å². The Morgan fingerprint density at radius 3 is 0.600 bits per heavy atom. The molecule has 0 radical (unpaired) electrons. The Bertz CT molecular complexity index is 3180. The number of carbonyl (C=O) groups is 5. The van der Waals surface area contributed by atoms with E-state index in [2.05, 4.69) is 29.9 Å². The number of rotatable bonds is 14. The molecule has 0 amide bonds. The molecule has 0 aliphatic heterocycles. The van der Waals surface area contributed by atoms with Crippen molar-refractivity contribution in [2.75, 3.05) is 0 Å². The Labute approximate surface area is 401 Å². The fourth-order valence-corrected chi connectivity index (χ4v) is 7.86. The highest BCUT2D eigenvalue weighted by Gasteiger charge is 2.29. The molecule has 10 rings (SSSR count). The van der Waals surface area contributed by atoms with E-state index in [1.54, 1.807) is 72.8 Å². The minimum atomic E-state index is -1.11. The first kappa shape index (κ1) is 44.0. The van der Waals surface area contributed by atoms with Gasteiger partial charge in [0.15, 0.2) is 0 Å². The number of carbonyl (C=O) groups excluding carboxylic acids is 5. The van der Waals surface area contributed by atoms with Gasteiger partial charge in [-0.05, 0) is 68.8 Å². The lowest BCUT2D eigenvalue weighted by molar-refractivity contribution is 0.100. The summed E-state index contributed by atoms with van der Waals surface area (Å²) in [5.74, 6) is -7.34. The molecule has 0 aliphatic carbocycles. The number of nitrogens with zero attached hydrogens (tertiary/aromatic N) is 6. The molecule has 0 atom stereocenters. The third-order valence-corrected chi connectivity index (χ3v) is 11.4. The van der Waals surface area contributed by atoms with E-state index in [4.69, 9.17) is 0 Å². The molecular formula is C59H36N6O5. The van der Waals surface area contributed by atoms with Crippen LogP contribution >= 0.6 is 0 Å². The van der Waals surface area contributed by atoms with Gasteiger partial charge in [-0.1, -0.05) is 194 Å². The zero-order chi connectivity index (χ0) is 48.0. The van der Waals surface area contributed by atoms with Crippen LogP contribution in [0.25, 0.3) is 44.5 Å². The molecule has 0 saturated carbocycles. The van der Waals surface area contributed by atoms with Gasteiger partial charge in [0.05, 0.1) is 0 Å². The van der Waals surface area contributed by atoms with Crippen LogP contribution in [0.2, 0.25) is 0 Å². The lowest BCUT2D eigenvalue weighted by Gasteiger charge is -2.10. The first-order valence-electron chi connectivity index (χ1n) is 22.1. The smallest absolute Gasteiger partial charge is 0.267 e. The van der Waals surface area contributed by atoms with E-state index in [-0.39, 0.29) is 22.3 Å². The zero-order valence-electron chi connectivity index (χ0n) is 37.0. The van der Waals surface area contributed by atoms with Crippen molar-refractivity contribution < 1.29 is 24.0 Å². The van der Waals surface area contributed by atoms with Crippen molar-refractivity contribution in [3.63, 3.8) is 0 Å². The summed E-state index contributed by atoms with van der Waals surface area (Å²) in [6.07, 6.45) is 0. The van der Waals surface area contributed by atoms with Crippen molar-refractivity contribution in [1.29, 1.82) is 0 Å². The van der Waals surface area contributed by atoms with Crippen LogP contribution in [0.5, 0.6) is 0 Å². The van der Waals surface area contributed by atoms with Crippen molar-refractivity contribution in [3.05, 3.63) is 276 Å². The van der Waals surface area contributed by atoms with Gasteiger partial charge in [0.25, 0.3) is 5.78 Å². The quantitative estimate of drug-likeness (QED) is 0.0954. The number of hydrogen-bond acceptors (Lipinski definition) is 11. The van der Waals surface area contributed by atoms with Gasteiger partial charge in [0, 0.05) is 22.3 Å². The van der Waals surface area contributed by atoms with Crippen LogP contribution in [0.3, 0.4) is 0 Å². The highest BCUT2D eigenvalue weighted by Crippen LogP contribution is 2.26. The second-order valence-corrected chi connectivity index (χ2v) is 16.0. The Morgan fingerprint density at radius 1 is 0.200 bits per heavy atom. The van der Waals surface area contributed by atoms with Crippen LogP contribution in [0.4, 0.5) is 0 Å². The van der Waals surface area contributed by atoms with E-state index in [1.165, 1.54) is 0 Å². The van der Waals surface area contributed by atoms with Gasteiger partial charge in [0.1, 0.15) is 0 Å². The summed E-state index contributed by atoms with van der Waals surface area (Å²) in [4.78, 5) is 98.8. The van der Waals surface area contributed by atoms with Crippen LogP contribution in [0.1, 0.15) is 81.2 Å². The summed E-state index contributed by atoms with van der Waals surface area (Å²) in [6, 6.07) is 64.9. The predicted octanol–water partition coefficient (Wildman–Crippen LogP) is 10.9. The van der Waals surface area contributed by atoms with Crippen LogP contribution in [-0.4, -0.2) is 58.8 Å². The number of hydrogen-bond donors (Lipinski definition) is 0. The van der Waals surface area contributed by atoms with Gasteiger partial charge in [-0.2, -0.15) is 0 Å². The summed E-state index contributed by atoms with van der Waals surface area (Å²) in [6.45, 7) is 0. The fourth-order valence-electron chi connectivity index (χ4n) is 7.86. The molecule has 11 heteroatoms. The second kappa shape index (κ2) is 19.5. The van der Waals surface area contributed by atoms with Crippen LogP contribution in [-0.2, 0) is 0 Å². The van der Waals surface area contributed by atoms with E-state index in [1.807, 2.05) is 146 Å². The summed E-state index contributed by atoms with van der Waals surface area (Å²) in [5, 5.41) is 0. The number of benzene rings is 8. The van der Waals surface area contributed by atoms with Crippen molar-refractivity contribution in [2.24, 2.45) is 0 Å². The Morgan fingerprint density at radius 2 is 0.386 bits per heavy atom. The Hall–Kier alpha value is -9.87. The first-order chi connectivity index (χ1) is 34.3. The molecule has 0 aliphatic rings. The topological polar surface area (TPSA) is 163 Å². The summed E-state index contributed by atoms with van der Waals surface area (Å²) >= 11 is 0. The first-order valence-corrected chi connectivity index (χ1v) is 22.1. The molecular weight excluding hydrogens is 873 g/mol. The summed E-state index contributed by atoms with van der Waals surface area (Å²) in [5.41, 5.74) is 7.01. The summed E-state index contributed by atoms with van der Waals surface area (Å²) < 4.78 is 0. The minimum Gasteiger partial charge on any atom is -0.285 e. The lowest BCUT2D eigenvalue weighted by atomic mass is 10.0. The maximum atomic E-state index is 14.9. The average Bonchev–Trinajstić information content (AvgIpc) is 3.45. The molecule has 332 valence electrons. The Kier molecular flexibility index (Phi) is 12.3. The van der Waals surface area contributed by atoms with E-state index in [0.717, 1.165) is 44.5 Å². The van der Waals surface area contributed by atoms with Gasteiger partial charge >= 0.3 is 0 Å². The van der Waals surface area contributed by atoms with Crippen molar-refractivity contribution in [2.45, 2.75) is 0 Å². The number of aromatic nitrogens is 6. The molecule has 70 heavy (non-hydrogen) atoms. The highest BCUT2D eigenvalue weighted by molar-refractivity contribution is 6.14. The molecule has 0 spiro atoms. The highest BCUT2D eigenvalue weighted by atomic mass is 16.2. The SMILES string of the molecule is O=C(c1cccc(-c2ccccc2)c1)c1nc(C(=O)c2cccc(-c3ccccc3)c2)nc(C(=O)c2nc(C(=O)c3cccc(-c4ccccc4)c3)nc(C(=O)c3cccc(-c4ccccc4)c3)n2)n1. The average molecular weight is 909 g/mol. The van der Waals surface area contributed by atoms with Crippen molar-refractivity contribution in [3.8, 4) is 44.5 Å². The van der Waals surface area contributed by atoms with Gasteiger partial charge in [-0.3, -0.25) is 24.0 Å². The van der Waals surface area contributed by atoms with Crippen molar-refractivity contribution in [1.82, 2.24) is 29.9 Å². The molecule has 0 bridgehead atoms. The molecule has 0 unspecified atom stereocenters. The molecule has 0 fully saturated rings. The molecule has 8 aromatic carbocycles. The number of ketones is 5. The second-order valence-electron chi connectivity index (χ2n) is 16.0. The molecule has 2 heterocycles. The summed E-state index contributed by atoms with van der Waals surface area (Å²) in [7, 11) is 0. The maximum absolute atomic E-state index is 14.9. The van der Waals surface area contributed by atoms with Crippen LogP contribution in [0.15, 0.2) is 218 Å². The van der Waals surface area contributed by atoms with Crippen LogP contribution < -0.4 is 0 Å². The molecule has 0 N–H and O–H groups in total. The largest absolute Gasteiger partial charge is 0.285 e. The standard InChI is InChI=1S/C59H36N6O5/c66-49(45-29-13-25-41(33-45)37-17-5-1-6-18-37)54-60-55(50(67)46-30-14-26-42(34-46)38-19-7-2-8-20-38)63-58(62-54)53(70)59-64-56(51(68)47-31-15-27-43(35-47)39-21-9-3-10-22-39)61-57(65-59)52(69)48-32-16-28-44(36-48)40-23-11-4-12-24-40/h1-36H. The van der Waals surface area contributed by atoms with E-state index >= 15 is 0 Å². The third-order valence-electron chi connectivity index (χ3n) is 11.4. The predicted molar refractivity (Wildman–Crippen MR) is 264 cm³/mol. The van der Waals surface area contributed by atoms with Crippen molar-refractivity contribution >= 4 is 28.9 Å². The van der Waals surface area contributed by atoms with Gasteiger partial charge in [-0.25, -0.2) is 29.9 Å². The molecule has 11 nitrogen and oxygen atoms in total. The minimum absolute atomic E-state index is 0.173. The van der Waals surface area contributed by atoms with Gasteiger partial charge < -0.3 is 0 Å². The zero-order valence-corrected chi connectivity index (χ0v) is 37.0. The third kappa shape index (κ3) is 9.39. The van der Waals surface area contributed by atoms with E-state index in [0.29, 0.717) is 0 Å². The molecule has 2 aromatic heterocycles. The van der Waals surface area contributed by atoms with Crippen LogP contribution in [0, 0.1) is 0 Å². The van der Waals surface area contributed by atoms with E-state index in [9.17, 15) is 24.0 Å². The fraction of sp³-hybridized carbons (Fsp3) is 0. The maximum Gasteiger partial charge on any atom is 0.267 e. The molecule has 10 aromatic rings. The van der Waals surface area contributed by atoms with Gasteiger partial charge in [0.2, 0.25) is 58.1 Å². The lowest BCUT2D eigenvalue weighted by Crippen LogP contribution is -2.23. The van der Waals surface area contributed by atoms with E-state index < -0.39 is 63.9 Å².